The normalized spacial score (nSPS) is 11.2. The Morgan fingerprint density at radius 1 is 0.500 bits per heavy atom. The predicted octanol–water partition coefficient (Wildman–Crippen LogP) is 10.9. The number of ether oxygens (including phenoxy) is 2. The quantitative estimate of drug-likeness (QED) is 0.0820. The monoisotopic (exact) mass is 575 g/mol. The van der Waals surface area contributed by atoms with Gasteiger partial charge in [0.2, 0.25) is 0 Å². The van der Waals surface area contributed by atoms with Crippen LogP contribution in [0.3, 0.4) is 0 Å². The molecule has 0 N–H and O–H groups in total. The Kier molecular flexibility index (Phi) is 20.4. The number of hydrogen-bond donors (Lipinski definition) is 0. The third kappa shape index (κ3) is 16.1. The molecule has 42 heavy (non-hydrogen) atoms. The van der Waals surface area contributed by atoms with Crippen LogP contribution in [0.25, 0.3) is 0 Å². The molecule has 0 aliphatic heterocycles. The van der Waals surface area contributed by atoms with Gasteiger partial charge in [-0.1, -0.05) is 164 Å². The minimum absolute atomic E-state index is 0.780. The van der Waals surface area contributed by atoms with Crippen molar-refractivity contribution in [1.29, 1.82) is 0 Å². The van der Waals surface area contributed by atoms with Gasteiger partial charge in [-0.15, -0.1) is 0 Å². The van der Waals surface area contributed by atoms with Crippen LogP contribution in [-0.2, 0) is 0 Å². The van der Waals surface area contributed by atoms with Gasteiger partial charge in [-0.25, -0.2) is 0 Å². The van der Waals surface area contributed by atoms with E-state index in [1.165, 1.54) is 138 Å². The van der Waals surface area contributed by atoms with E-state index in [-0.39, 0.29) is 0 Å². The van der Waals surface area contributed by atoms with Gasteiger partial charge in [0.1, 0.15) is 11.5 Å². The van der Waals surface area contributed by atoms with Gasteiger partial charge in [0, 0.05) is 0 Å². The second kappa shape index (κ2) is 23.5. The number of rotatable bonds is 26. The van der Waals surface area contributed by atoms with E-state index in [4.69, 9.17) is 9.47 Å². The first-order valence-corrected chi connectivity index (χ1v) is 17.9. The molecule has 0 spiro atoms. The average molecular weight is 576 g/mol. The van der Waals surface area contributed by atoms with Gasteiger partial charge in [0.15, 0.2) is 7.28 Å². The van der Waals surface area contributed by atoms with Gasteiger partial charge in [-0.2, -0.15) is 0 Å². The Morgan fingerprint density at radius 3 is 1.40 bits per heavy atom. The molecule has 0 unspecified atom stereocenters. The molecule has 0 aliphatic rings. The van der Waals surface area contributed by atoms with Crippen molar-refractivity contribution in [3.8, 4) is 11.5 Å². The summed E-state index contributed by atoms with van der Waals surface area (Å²) in [6, 6.07) is 10.9. The fourth-order valence-corrected chi connectivity index (χ4v) is 5.99. The number of aryl methyl sites for hydroxylation is 3. The molecule has 0 saturated carbocycles. The van der Waals surface area contributed by atoms with E-state index >= 15 is 0 Å². The summed E-state index contributed by atoms with van der Waals surface area (Å²) in [5.74, 6) is 1.92. The molecule has 0 heterocycles. The Bertz CT molecular complexity index is 930. The molecule has 0 saturated heterocycles. The van der Waals surface area contributed by atoms with Gasteiger partial charge in [-0.3, -0.25) is 0 Å². The summed E-state index contributed by atoms with van der Waals surface area (Å²) in [5.41, 5.74) is 6.34. The molecule has 2 aromatic rings. The molecule has 3 heteroatoms. The standard InChI is InChI=1S/C39H64BO2/c1-6-8-10-12-14-16-18-20-22-24-28-41-36-26-27-38(42-29-25-23-21-19-17-15-13-11-9-7-2)37(32-36)40-39-34(4)30-33(3)31-35(39)5/h26-27,30-32H,6-25,28-29H2,1-5H3. The van der Waals surface area contributed by atoms with Crippen molar-refractivity contribution in [2.75, 3.05) is 13.2 Å². The second-order valence-corrected chi connectivity index (χ2v) is 12.7. The minimum atomic E-state index is 0.780. The first-order valence-electron chi connectivity index (χ1n) is 17.9. The van der Waals surface area contributed by atoms with Gasteiger partial charge in [0.25, 0.3) is 0 Å². The van der Waals surface area contributed by atoms with Crippen LogP contribution >= 0.6 is 0 Å². The zero-order valence-electron chi connectivity index (χ0n) is 28.3. The molecule has 0 aliphatic carbocycles. The summed E-state index contributed by atoms with van der Waals surface area (Å²) in [7, 11) is 2.30. The van der Waals surface area contributed by atoms with E-state index in [9.17, 15) is 0 Å². The van der Waals surface area contributed by atoms with Crippen molar-refractivity contribution < 1.29 is 9.47 Å². The van der Waals surface area contributed by atoms with E-state index in [1.807, 2.05) is 0 Å². The maximum atomic E-state index is 6.36. The molecule has 2 aromatic carbocycles. The van der Waals surface area contributed by atoms with Crippen LogP contribution in [-0.4, -0.2) is 20.5 Å². The number of hydrogen-bond acceptors (Lipinski definition) is 2. The Balaban J connectivity index is 1.81. The highest BCUT2D eigenvalue weighted by atomic mass is 16.5. The zero-order chi connectivity index (χ0) is 30.3. The summed E-state index contributed by atoms with van der Waals surface area (Å²) >= 11 is 0. The smallest absolute Gasteiger partial charge is 0.197 e. The number of benzene rings is 2. The zero-order valence-corrected chi connectivity index (χ0v) is 28.3. The largest absolute Gasteiger partial charge is 0.494 e. The molecule has 0 bridgehead atoms. The van der Waals surface area contributed by atoms with Gasteiger partial charge < -0.3 is 9.47 Å². The van der Waals surface area contributed by atoms with Crippen molar-refractivity contribution in [2.24, 2.45) is 0 Å². The average Bonchev–Trinajstić information content (AvgIpc) is 2.97. The van der Waals surface area contributed by atoms with Crippen LogP contribution in [0.5, 0.6) is 11.5 Å². The molecule has 2 nitrogen and oxygen atoms in total. The third-order valence-electron chi connectivity index (χ3n) is 8.54. The topological polar surface area (TPSA) is 18.5 Å². The van der Waals surface area contributed by atoms with Crippen LogP contribution in [0.2, 0.25) is 0 Å². The molecule has 2 rings (SSSR count). The van der Waals surface area contributed by atoms with Crippen LogP contribution in [0.1, 0.15) is 159 Å². The Labute approximate surface area is 262 Å². The van der Waals surface area contributed by atoms with Crippen LogP contribution in [0, 0.1) is 20.8 Å². The molecule has 0 atom stereocenters. The molecular weight excluding hydrogens is 511 g/mol. The van der Waals surface area contributed by atoms with Crippen LogP contribution in [0.4, 0.5) is 0 Å². The fraction of sp³-hybridized carbons (Fsp3) is 0.692. The maximum absolute atomic E-state index is 6.36. The van der Waals surface area contributed by atoms with E-state index in [0.29, 0.717) is 0 Å². The highest BCUT2D eigenvalue weighted by molar-refractivity contribution is 6.69. The highest BCUT2D eigenvalue weighted by Crippen LogP contribution is 2.18. The van der Waals surface area contributed by atoms with Crippen molar-refractivity contribution in [2.45, 2.75) is 163 Å². The van der Waals surface area contributed by atoms with E-state index in [2.05, 4.69) is 72.2 Å². The predicted molar refractivity (Wildman–Crippen MR) is 187 cm³/mol. The highest BCUT2D eigenvalue weighted by Gasteiger charge is 2.13. The first kappa shape index (κ1) is 36.3. The van der Waals surface area contributed by atoms with Crippen LogP contribution < -0.4 is 20.4 Å². The van der Waals surface area contributed by atoms with Gasteiger partial charge >= 0.3 is 0 Å². The minimum Gasteiger partial charge on any atom is -0.494 e. The maximum Gasteiger partial charge on any atom is 0.197 e. The van der Waals surface area contributed by atoms with E-state index in [1.54, 1.807) is 0 Å². The lowest BCUT2D eigenvalue weighted by Crippen LogP contribution is -2.32. The first-order chi connectivity index (χ1) is 20.5. The van der Waals surface area contributed by atoms with E-state index < -0.39 is 0 Å². The summed E-state index contributed by atoms with van der Waals surface area (Å²) in [4.78, 5) is 0. The van der Waals surface area contributed by atoms with Crippen molar-refractivity contribution in [3.63, 3.8) is 0 Å². The molecule has 1 radical (unpaired) electrons. The summed E-state index contributed by atoms with van der Waals surface area (Å²) in [5, 5.41) is 0. The lowest BCUT2D eigenvalue weighted by Gasteiger charge is -2.16. The van der Waals surface area contributed by atoms with E-state index in [0.717, 1.165) is 43.0 Å². The molecular formula is C39H64BO2. The summed E-state index contributed by atoms with van der Waals surface area (Å²) in [6.07, 6.45) is 26.8. The van der Waals surface area contributed by atoms with Gasteiger partial charge in [0.05, 0.1) is 13.2 Å². The Morgan fingerprint density at radius 2 is 0.929 bits per heavy atom. The Hall–Kier alpha value is -1.90. The van der Waals surface area contributed by atoms with Crippen molar-refractivity contribution >= 4 is 18.2 Å². The summed E-state index contributed by atoms with van der Waals surface area (Å²) < 4.78 is 12.6. The molecule has 0 amide bonds. The third-order valence-corrected chi connectivity index (χ3v) is 8.54. The SMILES string of the molecule is CCCCCCCCCCCCOc1ccc(OCCCCCCCCCCCC)c([B]c2c(C)cc(C)cc2C)c1. The number of unbranched alkanes of at least 4 members (excludes halogenated alkanes) is 18. The molecule has 235 valence electrons. The molecule has 0 fully saturated rings. The fourth-order valence-electron chi connectivity index (χ4n) is 5.99. The second-order valence-electron chi connectivity index (χ2n) is 12.7. The summed E-state index contributed by atoms with van der Waals surface area (Å²) in [6.45, 7) is 12.7. The van der Waals surface area contributed by atoms with Crippen molar-refractivity contribution in [3.05, 3.63) is 47.0 Å². The van der Waals surface area contributed by atoms with Gasteiger partial charge in [-0.05, 0) is 57.3 Å². The van der Waals surface area contributed by atoms with Crippen molar-refractivity contribution in [1.82, 2.24) is 0 Å². The lowest BCUT2D eigenvalue weighted by molar-refractivity contribution is 0.298. The molecule has 0 aromatic heterocycles. The van der Waals surface area contributed by atoms with Crippen LogP contribution in [0.15, 0.2) is 30.3 Å². The lowest BCUT2D eigenvalue weighted by atomic mass is 9.60.